The molecule has 0 unspecified atom stereocenters. The highest BCUT2D eigenvalue weighted by Gasteiger charge is 2.37. The Balaban J connectivity index is 1.25. The average molecular weight is 606 g/mol. The van der Waals surface area contributed by atoms with Crippen molar-refractivity contribution < 1.29 is 0 Å². The Morgan fingerprint density at radius 2 is 1.02 bits per heavy atom. The maximum Gasteiger partial charge on any atom is 0.0465 e. The van der Waals surface area contributed by atoms with E-state index in [9.17, 15) is 0 Å². The Bertz CT molecular complexity index is 2210. The molecule has 0 saturated heterocycles. The van der Waals surface area contributed by atoms with Crippen molar-refractivity contribution in [2.75, 3.05) is 4.90 Å². The summed E-state index contributed by atoms with van der Waals surface area (Å²) in [5.74, 6) is 0. The van der Waals surface area contributed by atoms with Crippen LogP contribution in [0.5, 0.6) is 0 Å². The van der Waals surface area contributed by atoms with Gasteiger partial charge in [-0.3, -0.25) is 0 Å². The summed E-state index contributed by atoms with van der Waals surface area (Å²) in [6.45, 7) is 9.36. The molecule has 1 nitrogen and oxygen atoms in total. The van der Waals surface area contributed by atoms with Crippen LogP contribution < -0.4 is 4.90 Å². The predicted molar refractivity (Wildman–Crippen MR) is 200 cm³/mol. The van der Waals surface area contributed by atoms with E-state index in [4.69, 9.17) is 0 Å². The van der Waals surface area contributed by atoms with E-state index in [1.807, 2.05) is 0 Å². The summed E-state index contributed by atoms with van der Waals surface area (Å²) in [4.78, 5) is 2.41. The van der Waals surface area contributed by atoms with Crippen LogP contribution in [0.1, 0.15) is 49.9 Å². The topological polar surface area (TPSA) is 3.24 Å². The van der Waals surface area contributed by atoms with E-state index in [1.165, 1.54) is 55.3 Å². The molecule has 1 aliphatic rings. The predicted octanol–water partition coefficient (Wildman–Crippen LogP) is 12.6. The van der Waals surface area contributed by atoms with Crippen LogP contribution in [0.4, 0.5) is 17.1 Å². The van der Waals surface area contributed by atoms with Gasteiger partial charge in [0.2, 0.25) is 0 Å². The SMILES string of the molecule is CC(C)(c1ccccc1)c1ccc(N(c2ccc(-c3ccccc3)cc2)c2ccc3c(c2)C(C)(C)c2ccc4ccccc4c2-3)cc1. The molecular weight excluding hydrogens is 567 g/mol. The number of fused-ring (bicyclic) bond motifs is 5. The van der Waals surface area contributed by atoms with Crippen molar-refractivity contribution in [3.63, 3.8) is 0 Å². The van der Waals surface area contributed by atoms with E-state index in [2.05, 4.69) is 196 Å². The molecule has 0 heterocycles. The molecule has 0 aromatic heterocycles. The van der Waals surface area contributed by atoms with Crippen molar-refractivity contribution in [2.24, 2.45) is 0 Å². The lowest BCUT2D eigenvalue weighted by molar-refractivity contribution is 0.641. The van der Waals surface area contributed by atoms with Gasteiger partial charge in [0.25, 0.3) is 0 Å². The van der Waals surface area contributed by atoms with Crippen LogP contribution >= 0.6 is 0 Å². The summed E-state index contributed by atoms with van der Waals surface area (Å²) in [7, 11) is 0. The minimum Gasteiger partial charge on any atom is -0.310 e. The molecule has 7 aromatic carbocycles. The lowest BCUT2D eigenvalue weighted by Gasteiger charge is -2.30. The van der Waals surface area contributed by atoms with Crippen LogP contribution in [0.15, 0.2) is 164 Å². The first-order valence-electron chi connectivity index (χ1n) is 16.6. The van der Waals surface area contributed by atoms with Gasteiger partial charge in [-0.15, -0.1) is 0 Å². The van der Waals surface area contributed by atoms with Gasteiger partial charge >= 0.3 is 0 Å². The summed E-state index contributed by atoms with van der Waals surface area (Å²) < 4.78 is 0. The normalized spacial score (nSPS) is 13.3. The Kier molecular flexibility index (Phi) is 6.88. The molecule has 0 saturated carbocycles. The fourth-order valence-electron chi connectivity index (χ4n) is 7.56. The molecule has 0 radical (unpaired) electrons. The molecule has 1 heteroatoms. The molecule has 0 aliphatic heterocycles. The fraction of sp³-hybridized carbons (Fsp3) is 0.130. The Labute approximate surface area is 278 Å². The zero-order chi connectivity index (χ0) is 32.2. The molecule has 47 heavy (non-hydrogen) atoms. The third kappa shape index (κ3) is 4.86. The van der Waals surface area contributed by atoms with Crippen LogP contribution in [0, 0.1) is 0 Å². The summed E-state index contributed by atoms with van der Waals surface area (Å²) in [5.41, 5.74) is 13.8. The third-order valence-corrected chi connectivity index (χ3v) is 10.4. The van der Waals surface area contributed by atoms with Crippen molar-refractivity contribution in [1.29, 1.82) is 0 Å². The van der Waals surface area contributed by atoms with Gasteiger partial charge in [0.05, 0.1) is 0 Å². The quantitative estimate of drug-likeness (QED) is 0.182. The van der Waals surface area contributed by atoms with Crippen molar-refractivity contribution in [1.82, 2.24) is 0 Å². The van der Waals surface area contributed by atoms with Crippen molar-refractivity contribution in [2.45, 2.75) is 38.5 Å². The summed E-state index contributed by atoms with van der Waals surface area (Å²) in [5, 5.41) is 2.62. The van der Waals surface area contributed by atoms with E-state index >= 15 is 0 Å². The Morgan fingerprint density at radius 3 is 1.72 bits per heavy atom. The molecule has 0 amide bonds. The highest BCUT2D eigenvalue weighted by atomic mass is 15.1. The van der Waals surface area contributed by atoms with E-state index in [0.29, 0.717) is 0 Å². The summed E-state index contributed by atoms with van der Waals surface area (Å²) in [6.07, 6.45) is 0. The number of hydrogen-bond acceptors (Lipinski definition) is 1. The Morgan fingerprint density at radius 1 is 0.468 bits per heavy atom. The van der Waals surface area contributed by atoms with Crippen LogP contribution in [0.2, 0.25) is 0 Å². The minimum absolute atomic E-state index is 0.103. The van der Waals surface area contributed by atoms with E-state index in [1.54, 1.807) is 0 Å². The second-order valence-corrected chi connectivity index (χ2v) is 13.9. The highest BCUT2D eigenvalue weighted by Crippen LogP contribution is 2.53. The summed E-state index contributed by atoms with van der Waals surface area (Å²) >= 11 is 0. The lowest BCUT2D eigenvalue weighted by atomic mass is 9.78. The first-order chi connectivity index (χ1) is 22.8. The molecule has 0 N–H and O–H groups in total. The zero-order valence-corrected chi connectivity index (χ0v) is 27.5. The van der Waals surface area contributed by atoms with Gasteiger partial charge in [0.15, 0.2) is 0 Å². The molecule has 1 aliphatic carbocycles. The minimum atomic E-state index is -0.114. The van der Waals surface area contributed by atoms with Crippen LogP contribution in [-0.2, 0) is 10.8 Å². The van der Waals surface area contributed by atoms with E-state index in [0.717, 1.165) is 17.1 Å². The van der Waals surface area contributed by atoms with Crippen LogP contribution in [0.25, 0.3) is 33.0 Å². The largest absolute Gasteiger partial charge is 0.310 e. The number of rotatable bonds is 6. The smallest absolute Gasteiger partial charge is 0.0465 e. The van der Waals surface area contributed by atoms with Crippen molar-refractivity contribution >= 4 is 27.8 Å². The summed E-state index contributed by atoms with van der Waals surface area (Å²) in [6, 6.07) is 60.0. The second-order valence-electron chi connectivity index (χ2n) is 13.9. The number of hydrogen-bond donors (Lipinski definition) is 0. The van der Waals surface area contributed by atoms with E-state index < -0.39 is 0 Å². The molecule has 8 rings (SSSR count). The number of nitrogens with zero attached hydrogens (tertiary/aromatic N) is 1. The average Bonchev–Trinajstić information content (AvgIpc) is 3.35. The third-order valence-electron chi connectivity index (χ3n) is 10.4. The van der Waals surface area contributed by atoms with Crippen molar-refractivity contribution in [3.05, 3.63) is 186 Å². The lowest BCUT2D eigenvalue weighted by Crippen LogP contribution is -2.19. The zero-order valence-electron chi connectivity index (χ0n) is 27.5. The Hall–Kier alpha value is -5.40. The van der Waals surface area contributed by atoms with Gasteiger partial charge in [-0.25, -0.2) is 0 Å². The van der Waals surface area contributed by atoms with Crippen LogP contribution in [-0.4, -0.2) is 0 Å². The number of anilines is 3. The highest BCUT2D eigenvalue weighted by molar-refractivity contribution is 6.03. The number of benzene rings is 7. The first-order valence-corrected chi connectivity index (χ1v) is 16.6. The van der Waals surface area contributed by atoms with Crippen LogP contribution in [0.3, 0.4) is 0 Å². The van der Waals surface area contributed by atoms with Gasteiger partial charge in [-0.2, -0.15) is 0 Å². The molecule has 0 atom stereocenters. The molecule has 0 spiro atoms. The fourth-order valence-corrected chi connectivity index (χ4v) is 7.56. The molecule has 228 valence electrons. The van der Waals surface area contributed by atoms with Gasteiger partial charge in [0, 0.05) is 27.9 Å². The van der Waals surface area contributed by atoms with Crippen molar-refractivity contribution in [3.8, 4) is 22.3 Å². The molecule has 0 fully saturated rings. The second kappa shape index (κ2) is 11.1. The monoisotopic (exact) mass is 605 g/mol. The van der Waals surface area contributed by atoms with E-state index in [-0.39, 0.29) is 10.8 Å². The van der Waals surface area contributed by atoms with Gasteiger partial charge in [-0.05, 0) is 91.7 Å². The first kappa shape index (κ1) is 29.0. The maximum atomic E-state index is 2.43. The molecule has 7 aromatic rings. The molecule has 0 bridgehead atoms. The maximum absolute atomic E-state index is 2.43. The van der Waals surface area contributed by atoms with Gasteiger partial charge in [-0.1, -0.05) is 155 Å². The molecular formula is C46H39N. The standard InChI is InChI=1S/C46H39N/c1-45(2,35-16-9-6-10-17-35)36-22-26-38(27-23-36)47(37-24-19-33(20-25-37)32-13-7-5-8-14-32)39-28-29-41-43(31-39)46(3,4)42-30-21-34-15-11-12-18-40(34)44(41)42/h5-31H,1-4H3. The van der Waals surface area contributed by atoms with Gasteiger partial charge in [0.1, 0.15) is 0 Å². The van der Waals surface area contributed by atoms with Gasteiger partial charge < -0.3 is 4.90 Å².